The zero-order valence-corrected chi connectivity index (χ0v) is 25.8. The van der Waals surface area contributed by atoms with Crippen molar-refractivity contribution >= 4 is 35.5 Å². The van der Waals surface area contributed by atoms with Gasteiger partial charge in [-0.3, -0.25) is 8.97 Å². The fourth-order valence-electron chi connectivity index (χ4n) is 7.28. The Labute approximate surface area is 255 Å². The van der Waals surface area contributed by atoms with Crippen molar-refractivity contribution in [2.75, 3.05) is 0 Å². The third-order valence-corrected chi connectivity index (χ3v) is 14.0. The molecule has 2 aromatic carbocycles. The highest BCUT2D eigenvalue weighted by Crippen LogP contribution is 2.46. The van der Waals surface area contributed by atoms with Gasteiger partial charge in [0.15, 0.2) is 11.5 Å². The van der Waals surface area contributed by atoms with Gasteiger partial charge in [0, 0.05) is 12.2 Å². The van der Waals surface area contributed by atoms with Crippen molar-refractivity contribution in [3.63, 3.8) is 0 Å². The van der Waals surface area contributed by atoms with Crippen LogP contribution in [0.2, 0.25) is 5.04 Å². The molecule has 1 fully saturated rings. The number of fused-ring (bicyclic) bond motifs is 2. The maximum Gasteiger partial charge on any atom is 0.327 e. The first-order valence-corrected chi connectivity index (χ1v) is 17.1. The van der Waals surface area contributed by atoms with Gasteiger partial charge in [0.1, 0.15) is 22.7 Å². The molecule has 0 saturated heterocycles. The normalized spacial score (nSPS) is 17.8. The van der Waals surface area contributed by atoms with Crippen molar-refractivity contribution in [3.8, 4) is 11.5 Å². The van der Waals surface area contributed by atoms with Crippen molar-refractivity contribution in [1.29, 1.82) is 0 Å². The number of hydrogen-bond donors (Lipinski definition) is 2. The van der Waals surface area contributed by atoms with Gasteiger partial charge in [-0.25, -0.2) is 24.1 Å². The van der Waals surface area contributed by atoms with Crippen LogP contribution < -0.4 is 16.1 Å². The summed E-state index contributed by atoms with van der Waals surface area (Å²) in [6, 6.07) is 23.3. The van der Waals surface area contributed by atoms with E-state index in [0.717, 1.165) is 42.5 Å². The summed E-state index contributed by atoms with van der Waals surface area (Å²) in [7, 11) is -3.09. The number of halogens is 1. The average molecular weight is 607 g/mol. The van der Waals surface area contributed by atoms with Gasteiger partial charge in [-0.1, -0.05) is 74.5 Å². The van der Waals surface area contributed by atoms with E-state index in [2.05, 4.69) is 53.1 Å². The first-order chi connectivity index (χ1) is 21.2. The van der Waals surface area contributed by atoms with Crippen molar-refractivity contribution in [2.45, 2.75) is 57.0 Å². The zero-order chi connectivity index (χ0) is 30.5. The first-order valence-electron chi connectivity index (χ1n) is 15.2. The van der Waals surface area contributed by atoms with Gasteiger partial charge in [0.05, 0.1) is 12.4 Å². The molecular weight excluding hydrogens is 571 g/mol. The molecule has 2 N–H and O–H groups in total. The van der Waals surface area contributed by atoms with Crippen LogP contribution >= 0.6 is 0 Å². The molecule has 1 saturated carbocycles. The third kappa shape index (κ3) is 4.78. The zero-order valence-electron chi connectivity index (χ0n) is 24.8. The average Bonchev–Trinajstić information content (AvgIpc) is 3.61. The molecule has 44 heavy (non-hydrogen) atoms. The Morgan fingerprint density at radius 3 is 2.25 bits per heavy atom. The number of pyridine rings is 1. The fraction of sp³-hybridized carbons (Fsp3) is 0.294. The Morgan fingerprint density at radius 2 is 1.59 bits per heavy atom. The first kappa shape index (κ1) is 28.4. The molecule has 6 aromatic rings. The van der Waals surface area contributed by atoms with Crippen LogP contribution in [0.1, 0.15) is 52.0 Å². The van der Waals surface area contributed by atoms with Crippen molar-refractivity contribution < 1.29 is 9.19 Å². The van der Waals surface area contributed by atoms with Crippen LogP contribution in [0.15, 0.2) is 96.2 Å². The summed E-state index contributed by atoms with van der Waals surface area (Å²) in [5.41, 5.74) is 2.07. The Hall–Kier alpha value is -4.41. The fourth-order valence-corrected chi connectivity index (χ4v) is 11.1. The minimum atomic E-state index is -3.09. The number of benzene rings is 2. The van der Waals surface area contributed by atoms with E-state index in [-0.39, 0.29) is 22.6 Å². The molecule has 4 heterocycles. The summed E-state index contributed by atoms with van der Waals surface area (Å²) in [5.74, 6) is 0.418. The Balaban J connectivity index is 1.14. The lowest BCUT2D eigenvalue weighted by Crippen LogP contribution is -2.65. The molecular formula is C34H35FN6O2Si. The Kier molecular flexibility index (Phi) is 7.05. The summed E-state index contributed by atoms with van der Waals surface area (Å²) in [5, 5.41) is 1.74. The number of hydrogen-bond acceptors (Lipinski definition) is 5. The van der Waals surface area contributed by atoms with Gasteiger partial charge in [-0.05, 0) is 65.6 Å². The molecule has 4 aromatic heterocycles. The van der Waals surface area contributed by atoms with Crippen LogP contribution in [0.4, 0.5) is 4.39 Å². The van der Waals surface area contributed by atoms with Crippen molar-refractivity contribution in [3.05, 3.63) is 108 Å². The Morgan fingerprint density at radius 1 is 0.932 bits per heavy atom. The van der Waals surface area contributed by atoms with Crippen LogP contribution in [0.25, 0.3) is 28.3 Å². The maximum atomic E-state index is 14.0. The van der Waals surface area contributed by atoms with Crippen LogP contribution in [0, 0.1) is 11.7 Å². The van der Waals surface area contributed by atoms with E-state index >= 15 is 0 Å². The second-order valence-corrected chi connectivity index (χ2v) is 16.6. The lowest BCUT2D eigenvalue weighted by Gasteiger charge is -2.44. The molecule has 0 atom stereocenters. The minimum absolute atomic E-state index is 0.00244. The predicted octanol–water partition coefficient (Wildman–Crippen LogP) is 5.23. The minimum Gasteiger partial charge on any atom is -0.424 e. The lowest BCUT2D eigenvalue weighted by molar-refractivity contribution is 0.242. The molecule has 0 aliphatic heterocycles. The van der Waals surface area contributed by atoms with Crippen molar-refractivity contribution in [2.24, 2.45) is 5.92 Å². The summed E-state index contributed by atoms with van der Waals surface area (Å²) < 4.78 is 17.4. The maximum absolute atomic E-state index is 14.0. The molecule has 0 bridgehead atoms. The molecule has 7 rings (SSSR count). The smallest absolute Gasteiger partial charge is 0.327 e. The van der Waals surface area contributed by atoms with Gasteiger partial charge >= 0.3 is 5.69 Å². The highest BCUT2D eigenvalue weighted by molar-refractivity contribution is 6.98. The highest BCUT2D eigenvalue weighted by atomic mass is 28.4. The molecule has 1 aliphatic carbocycles. The number of imidazole rings is 2. The summed E-state index contributed by atoms with van der Waals surface area (Å²) in [4.78, 5) is 42.3. The van der Waals surface area contributed by atoms with E-state index in [9.17, 15) is 14.0 Å². The number of aromatic nitrogens is 6. The van der Waals surface area contributed by atoms with Gasteiger partial charge in [-0.2, -0.15) is 0 Å². The quantitative estimate of drug-likeness (QED) is 0.243. The summed E-state index contributed by atoms with van der Waals surface area (Å²) in [6.07, 6.45) is 9.06. The van der Waals surface area contributed by atoms with E-state index in [1.165, 1.54) is 12.3 Å². The molecule has 0 amide bonds. The van der Waals surface area contributed by atoms with E-state index in [4.69, 9.17) is 4.98 Å². The highest BCUT2D eigenvalue weighted by Gasteiger charge is 2.50. The molecule has 10 heteroatoms. The van der Waals surface area contributed by atoms with Gasteiger partial charge in [0.25, 0.3) is 8.32 Å². The van der Waals surface area contributed by atoms with E-state index in [1.807, 2.05) is 36.4 Å². The second-order valence-electron chi connectivity index (χ2n) is 12.7. The lowest BCUT2D eigenvalue weighted by atomic mass is 9.81. The Bertz CT molecular complexity index is 1960. The molecule has 8 nitrogen and oxygen atoms in total. The van der Waals surface area contributed by atoms with Crippen molar-refractivity contribution in [1.82, 2.24) is 28.9 Å². The van der Waals surface area contributed by atoms with Gasteiger partial charge < -0.3 is 9.78 Å². The van der Waals surface area contributed by atoms with Gasteiger partial charge in [0.2, 0.25) is 0 Å². The number of H-pyrrole nitrogens is 1. The SMILES string of the molecule is CC(C)(CC1CCC(n2c(=O)[nH]c3cnc(-c4cnc5ccc(F)cn45)nc32)CC1)[Si](O)(c1ccccc1)c1ccccc1. The molecule has 0 unspecified atom stereocenters. The van der Waals surface area contributed by atoms with E-state index < -0.39 is 8.32 Å². The van der Waals surface area contributed by atoms with Crippen LogP contribution in [-0.4, -0.2) is 42.0 Å². The van der Waals surface area contributed by atoms with Crippen LogP contribution in [0.5, 0.6) is 0 Å². The number of aromatic amines is 1. The summed E-state index contributed by atoms with van der Waals surface area (Å²) in [6.45, 7) is 4.44. The molecule has 0 spiro atoms. The number of rotatable bonds is 7. The van der Waals surface area contributed by atoms with Crippen LogP contribution in [-0.2, 0) is 0 Å². The number of nitrogens with zero attached hydrogens (tertiary/aromatic N) is 5. The molecule has 224 valence electrons. The predicted molar refractivity (Wildman–Crippen MR) is 172 cm³/mol. The standard InChI is InChI=1S/C34H35FN6O2Si/c1-34(2,44(43,26-9-5-3-6-10-26)27-11-7-4-8-12-27)19-23-13-16-25(17-14-23)41-32-28(38-33(41)42)20-37-31(39-32)29-21-36-30-18-15-24(35)22-40(29)30/h3-12,15,18,20-23,25,43H,13-14,16-17,19H2,1-2H3,(H,38,42). The third-order valence-electron chi connectivity index (χ3n) is 9.50. The molecule has 0 radical (unpaired) electrons. The number of nitrogens with one attached hydrogen (secondary N) is 1. The molecule has 1 aliphatic rings. The van der Waals surface area contributed by atoms with E-state index in [1.54, 1.807) is 27.4 Å². The van der Waals surface area contributed by atoms with Gasteiger partial charge in [-0.15, -0.1) is 0 Å². The topological polar surface area (TPSA) is 101 Å². The van der Waals surface area contributed by atoms with E-state index in [0.29, 0.717) is 34.2 Å². The summed E-state index contributed by atoms with van der Waals surface area (Å²) >= 11 is 0. The monoisotopic (exact) mass is 606 g/mol. The largest absolute Gasteiger partial charge is 0.424 e. The van der Waals surface area contributed by atoms with Crippen LogP contribution in [0.3, 0.4) is 0 Å². The second kappa shape index (κ2) is 10.9.